The van der Waals surface area contributed by atoms with Gasteiger partial charge < -0.3 is 19.9 Å². The number of hydrogen-bond acceptors (Lipinski definition) is 8. The highest BCUT2D eigenvalue weighted by Crippen LogP contribution is 2.31. The second kappa shape index (κ2) is 9.21. The van der Waals surface area contributed by atoms with Gasteiger partial charge in [0.15, 0.2) is 11.5 Å². The van der Waals surface area contributed by atoms with Gasteiger partial charge in [0, 0.05) is 31.9 Å². The molecule has 2 fully saturated rings. The van der Waals surface area contributed by atoms with Gasteiger partial charge in [0.25, 0.3) is 6.43 Å². The van der Waals surface area contributed by atoms with Gasteiger partial charge in [-0.3, -0.25) is 4.90 Å². The summed E-state index contributed by atoms with van der Waals surface area (Å²) in [5.74, 6) is 0.857. The molecule has 2 atom stereocenters. The molecule has 6 rings (SSSR count). The molecule has 4 aromatic rings. The van der Waals surface area contributed by atoms with Gasteiger partial charge in [-0.25, -0.2) is 27.7 Å². The summed E-state index contributed by atoms with van der Waals surface area (Å²) < 4.78 is 49.1. The predicted octanol–water partition coefficient (Wildman–Crippen LogP) is 2.67. The van der Waals surface area contributed by atoms with Gasteiger partial charge in [-0.1, -0.05) is 0 Å². The van der Waals surface area contributed by atoms with Crippen molar-refractivity contribution < 1.29 is 17.9 Å². The van der Waals surface area contributed by atoms with Crippen LogP contribution in [0.25, 0.3) is 27.9 Å². The third kappa shape index (κ3) is 4.11. The molecule has 13 heteroatoms. The molecule has 0 spiro atoms. The highest BCUT2D eigenvalue weighted by atomic mass is 19.3. The Balaban J connectivity index is 1.28. The van der Waals surface area contributed by atoms with Crippen LogP contribution in [0.2, 0.25) is 0 Å². The number of anilines is 2. The number of imidazole rings is 1. The number of likely N-dealkylation sites (tertiary alicyclic amines) is 1. The molecule has 0 amide bonds. The fraction of sp³-hybridized carbons (Fsp3) is 0.478. The Labute approximate surface area is 204 Å². The van der Waals surface area contributed by atoms with E-state index >= 15 is 0 Å². The van der Waals surface area contributed by atoms with Crippen LogP contribution >= 0.6 is 0 Å². The first-order valence-corrected chi connectivity index (χ1v) is 11.9. The number of aromatic nitrogens is 6. The number of fused-ring (bicyclic) bond motifs is 2. The number of rotatable bonds is 7. The second-order valence-corrected chi connectivity index (χ2v) is 9.13. The van der Waals surface area contributed by atoms with E-state index < -0.39 is 25.2 Å². The lowest BCUT2D eigenvalue weighted by Gasteiger charge is -2.42. The van der Waals surface area contributed by atoms with Crippen molar-refractivity contribution in [1.29, 1.82) is 0 Å². The van der Waals surface area contributed by atoms with E-state index in [2.05, 4.69) is 35.6 Å². The summed E-state index contributed by atoms with van der Waals surface area (Å²) >= 11 is 0. The van der Waals surface area contributed by atoms with E-state index in [-0.39, 0.29) is 0 Å². The molecular weight excluding hydrogens is 475 g/mol. The van der Waals surface area contributed by atoms with Crippen LogP contribution < -0.4 is 10.6 Å². The average Bonchev–Trinajstić information content (AvgIpc) is 3.43. The van der Waals surface area contributed by atoms with Gasteiger partial charge in [0.1, 0.15) is 17.2 Å². The molecule has 2 saturated heterocycles. The fourth-order valence-corrected chi connectivity index (χ4v) is 4.86. The molecule has 2 N–H and O–H groups in total. The zero-order valence-electron chi connectivity index (χ0n) is 19.6. The lowest BCUT2D eigenvalue weighted by Crippen LogP contribution is -2.57. The molecule has 2 aliphatic heterocycles. The number of pyridine rings is 1. The van der Waals surface area contributed by atoms with Crippen molar-refractivity contribution in [3.8, 4) is 11.3 Å². The number of piperidine rings is 1. The maximum absolute atomic E-state index is 15.0. The summed E-state index contributed by atoms with van der Waals surface area (Å²) in [5, 5.41) is 10.8. The van der Waals surface area contributed by atoms with E-state index in [0.29, 0.717) is 66.4 Å². The first kappa shape index (κ1) is 23.0. The first-order chi connectivity index (χ1) is 17.5. The van der Waals surface area contributed by atoms with Crippen molar-refractivity contribution in [3.05, 3.63) is 30.7 Å². The Morgan fingerprint density at radius 2 is 2.06 bits per heavy atom. The lowest BCUT2D eigenvalue weighted by molar-refractivity contribution is -0.0794. The Morgan fingerprint density at radius 1 is 1.19 bits per heavy atom. The number of halogens is 3. The van der Waals surface area contributed by atoms with Crippen LogP contribution in [0.15, 0.2) is 30.7 Å². The first-order valence-electron chi connectivity index (χ1n) is 11.9. The monoisotopic (exact) mass is 501 g/mol. The quantitative estimate of drug-likeness (QED) is 0.399. The van der Waals surface area contributed by atoms with Crippen molar-refractivity contribution in [2.75, 3.05) is 44.0 Å². The number of alkyl halides is 3. The molecule has 0 bridgehead atoms. The third-order valence-electron chi connectivity index (χ3n) is 6.85. The standard InChI is InChI=1S/C23H26F3N9O/c1-27-21-20-14(16-2-3-18-22(29-16)34(12-28-18)9-19(25)26)4-7-35(20)32-23(31-21)30-17-5-6-33(8-15(17)24)13-10-36-11-13/h2-4,7,12-13,15,17,19H,5-6,8-11H2,1H3,(H2,27,30,31,32)/t15-,17+/m1/s1. The number of nitrogens with one attached hydrogen (secondary N) is 2. The summed E-state index contributed by atoms with van der Waals surface area (Å²) in [6, 6.07) is 5.31. The minimum absolute atomic E-state index is 0.313. The number of hydrogen-bond donors (Lipinski definition) is 2. The largest absolute Gasteiger partial charge is 0.378 e. The normalized spacial score (nSPS) is 21.4. The molecule has 0 aliphatic carbocycles. The maximum Gasteiger partial charge on any atom is 0.256 e. The van der Waals surface area contributed by atoms with E-state index in [1.54, 1.807) is 29.9 Å². The van der Waals surface area contributed by atoms with Crippen molar-refractivity contribution in [1.82, 2.24) is 34.0 Å². The second-order valence-electron chi connectivity index (χ2n) is 9.13. The summed E-state index contributed by atoms with van der Waals surface area (Å²) in [7, 11) is 1.74. The Hall–Kier alpha value is -3.45. The van der Waals surface area contributed by atoms with E-state index in [4.69, 9.17) is 4.74 Å². The highest BCUT2D eigenvalue weighted by Gasteiger charge is 2.35. The zero-order valence-corrected chi connectivity index (χ0v) is 19.6. The molecule has 6 heterocycles. The van der Waals surface area contributed by atoms with Crippen LogP contribution in [0.5, 0.6) is 0 Å². The summed E-state index contributed by atoms with van der Waals surface area (Å²) in [6.45, 7) is 2.01. The third-order valence-corrected chi connectivity index (χ3v) is 6.85. The van der Waals surface area contributed by atoms with Gasteiger partial charge in [-0.2, -0.15) is 4.98 Å². The Bertz CT molecular complexity index is 1390. The minimum atomic E-state index is -2.51. The molecule has 0 saturated carbocycles. The topological polar surface area (TPSA) is 97.4 Å². The van der Waals surface area contributed by atoms with Gasteiger partial charge in [0.05, 0.1) is 43.9 Å². The SMILES string of the molecule is CNc1nc(N[C@H]2CCN(C3COC3)C[C@H]2F)nn2ccc(-c3ccc4ncn(CC(F)F)c4n3)c12. The van der Waals surface area contributed by atoms with E-state index in [1.807, 2.05) is 6.07 Å². The van der Waals surface area contributed by atoms with Gasteiger partial charge in [0.2, 0.25) is 5.95 Å². The fourth-order valence-electron chi connectivity index (χ4n) is 4.86. The Morgan fingerprint density at radius 3 is 2.78 bits per heavy atom. The summed E-state index contributed by atoms with van der Waals surface area (Å²) in [5.41, 5.74) is 2.91. The molecule has 0 unspecified atom stereocenters. The minimum Gasteiger partial charge on any atom is -0.378 e. The van der Waals surface area contributed by atoms with Crippen molar-refractivity contribution >= 4 is 28.4 Å². The molecule has 190 valence electrons. The zero-order chi connectivity index (χ0) is 24.8. The van der Waals surface area contributed by atoms with Gasteiger partial charge in [-0.15, -0.1) is 5.10 Å². The predicted molar refractivity (Wildman–Crippen MR) is 128 cm³/mol. The maximum atomic E-state index is 15.0. The van der Waals surface area contributed by atoms with Crippen LogP contribution in [0.4, 0.5) is 24.9 Å². The number of nitrogens with zero attached hydrogens (tertiary/aromatic N) is 7. The lowest BCUT2D eigenvalue weighted by atomic mass is 10.0. The Kier molecular flexibility index (Phi) is 5.88. The molecule has 36 heavy (non-hydrogen) atoms. The van der Waals surface area contributed by atoms with Crippen LogP contribution in [0.3, 0.4) is 0 Å². The molecular formula is C23H26F3N9O. The van der Waals surface area contributed by atoms with Crippen molar-refractivity contribution in [3.63, 3.8) is 0 Å². The molecule has 10 nitrogen and oxygen atoms in total. The van der Waals surface area contributed by atoms with Crippen LogP contribution in [0.1, 0.15) is 6.42 Å². The highest BCUT2D eigenvalue weighted by molar-refractivity contribution is 5.89. The average molecular weight is 502 g/mol. The van der Waals surface area contributed by atoms with Crippen molar-refractivity contribution in [2.24, 2.45) is 0 Å². The van der Waals surface area contributed by atoms with Crippen molar-refractivity contribution in [2.45, 2.75) is 37.6 Å². The van der Waals surface area contributed by atoms with Crippen LogP contribution in [-0.2, 0) is 11.3 Å². The molecule has 0 aromatic carbocycles. The molecule has 2 aliphatic rings. The van der Waals surface area contributed by atoms with Gasteiger partial charge >= 0.3 is 0 Å². The van der Waals surface area contributed by atoms with Crippen LogP contribution in [-0.4, -0.2) is 92.1 Å². The van der Waals surface area contributed by atoms with Crippen LogP contribution in [0, 0.1) is 0 Å². The molecule has 4 aromatic heterocycles. The molecule has 0 radical (unpaired) electrons. The van der Waals surface area contributed by atoms with E-state index in [0.717, 1.165) is 12.1 Å². The summed E-state index contributed by atoms with van der Waals surface area (Å²) in [6.07, 6.45) is 0.218. The van der Waals surface area contributed by atoms with E-state index in [9.17, 15) is 13.2 Å². The van der Waals surface area contributed by atoms with E-state index in [1.165, 1.54) is 10.9 Å². The summed E-state index contributed by atoms with van der Waals surface area (Å²) in [4.78, 5) is 15.5. The van der Waals surface area contributed by atoms with Gasteiger partial charge in [-0.05, 0) is 24.6 Å². The number of ether oxygens (including phenoxy) is 1. The smallest absolute Gasteiger partial charge is 0.256 e.